The third-order valence-corrected chi connectivity index (χ3v) is 4.84. The van der Waals surface area contributed by atoms with E-state index in [0.29, 0.717) is 24.2 Å². The predicted octanol–water partition coefficient (Wildman–Crippen LogP) is 4.07. The summed E-state index contributed by atoms with van der Waals surface area (Å²) in [6.45, 7) is 0.653. The molecule has 6 heteroatoms. The van der Waals surface area contributed by atoms with Gasteiger partial charge in [0.2, 0.25) is 5.91 Å². The number of Topliss-reactive ketones (excluding diaryl/α,β-unsaturated/α-hetero) is 1. The number of carbonyl (C=O) groups excluding carboxylic acids is 2. The van der Waals surface area contributed by atoms with E-state index < -0.39 is 11.6 Å². The second-order valence-corrected chi connectivity index (χ2v) is 6.50. The zero-order valence-electron chi connectivity index (χ0n) is 12.8. The van der Waals surface area contributed by atoms with E-state index in [0.717, 1.165) is 36.4 Å². The van der Waals surface area contributed by atoms with Gasteiger partial charge < -0.3 is 4.90 Å². The van der Waals surface area contributed by atoms with Gasteiger partial charge in [0, 0.05) is 29.1 Å². The fraction of sp³-hybridized carbons (Fsp3) is 0.222. The molecule has 2 aromatic carbocycles. The zero-order chi connectivity index (χ0) is 17.1. The second kappa shape index (κ2) is 7.13. The summed E-state index contributed by atoms with van der Waals surface area (Å²) in [5.41, 5.74) is 1.15. The maximum Gasteiger partial charge on any atom is 0.227 e. The first kappa shape index (κ1) is 16.6. The third kappa shape index (κ3) is 3.64. The lowest BCUT2D eigenvalue weighted by Gasteiger charge is -2.16. The van der Waals surface area contributed by atoms with E-state index in [1.165, 1.54) is 0 Å². The molecule has 0 N–H and O–H groups in total. The van der Waals surface area contributed by atoms with Crippen LogP contribution in [0.5, 0.6) is 0 Å². The SMILES string of the molecule is O=C(CSc1cc(F)ccc1F)c1cccc(N2CCCC2=O)c1. The van der Waals surface area contributed by atoms with Gasteiger partial charge in [-0.2, -0.15) is 0 Å². The Morgan fingerprint density at radius 2 is 2.00 bits per heavy atom. The first-order chi connectivity index (χ1) is 11.5. The Morgan fingerprint density at radius 3 is 2.75 bits per heavy atom. The molecule has 3 nitrogen and oxygen atoms in total. The van der Waals surface area contributed by atoms with E-state index in [1.807, 2.05) is 0 Å². The van der Waals surface area contributed by atoms with Crippen molar-refractivity contribution in [2.45, 2.75) is 17.7 Å². The smallest absolute Gasteiger partial charge is 0.227 e. The minimum absolute atomic E-state index is 0.00221. The van der Waals surface area contributed by atoms with Gasteiger partial charge in [0.1, 0.15) is 11.6 Å². The van der Waals surface area contributed by atoms with Crippen molar-refractivity contribution in [1.82, 2.24) is 0 Å². The Hall–Kier alpha value is -2.21. The van der Waals surface area contributed by atoms with Gasteiger partial charge in [0.25, 0.3) is 0 Å². The molecule has 0 aliphatic carbocycles. The van der Waals surface area contributed by atoms with Crippen molar-refractivity contribution >= 4 is 29.1 Å². The van der Waals surface area contributed by atoms with Crippen LogP contribution in [0.2, 0.25) is 0 Å². The molecule has 1 aliphatic heterocycles. The van der Waals surface area contributed by atoms with Gasteiger partial charge >= 0.3 is 0 Å². The van der Waals surface area contributed by atoms with Gasteiger partial charge in [-0.1, -0.05) is 12.1 Å². The summed E-state index contributed by atoms with van der Waals surface area (Å²) < 4.78 is 26.7. The molecule has 1 amide bonds. The van der Waals surface area contributed by atoms with Crippen molar-refractivity contribution in [3.8, 4) is 0 Å². The first-order valence-corrected chi connectivity index (χ1v) is 8.54. The van der Waals surface area contributed by atoms with Crippen molar-refractivity contribution in [1.29, 1.82) is 0 Å². The lowest BCUT2D eigenvalue weighted by molar-refractivity contribution is -0.117. The van der Waals surface area contributed by atoms with Crippen LogP contribution in [0.1, 0.15) is 23.2 Å². The monoisotopic (exact) mass is 347 g/mol. The minimum Gasteiger partial charge on any atom is -0.312 e. The Kier molecular flexibility index (Phi) is 4.94. The first-order valence-electron chi connectivity index (χ1n) is 7.56. The predicted molar refractivity (Wildman–Crippen MR) is 89.4 cm³/mol. The lowest BCUT2D eigenvalue weighted by Crippen LogP contribution is -2.23. The van der Waals surface area contributed by atoms with Crippen LogP contribution in [0.3, 0.4) is 0 Å². The number of hydrogen-bond acceptors (Lipinski definition) is 3. The van der Waals surface area contributed by atoms with E-state index in [2.05, 4.69) is 0 Å². The van der Waals surface area contributed by atoms with E-state index >= 15 is 0 Å². The van der Waals surface area contributed by atoms with Gasteiger partial charge in [-0.05, 0) is 36.8 Å². The summed E-state index contributed by atoms with van der Waals surface area (Å²) in [5.74, 6) is -1.24. The normalized spacial score (nSPS) is 14.2. The van der Waals surface area contributed by atoms with Crippen molar-refractivity contribution in [2.24, 2.45) is 0 Å². The minimum atomic E-state index is -0.550. The number of amides is 1. The number of carbonyl (C=O) groups is 2. The standard InChI is InChI=1S/C18H15F2NO2S/c19-13-6-7-15(20)17(10-13)24-11-16(22)12-3-1-4-14(9-12)21-8-2-5-18(21)23/h1,3-4,6-7,9-10H,2,5,8,11H2. The highest BCUT2D eigenvalue weighted by Crippen LogP contribution is 2.26. The van der Waals surface area contributed by atoms with Crippen LogP contribution >= 0.6 is 11.8 Å². The molecule has 1 heterocycles. The van der Waals surface area contributed by atoms with Crippen molar-refractivity contribution in [2.75, 3.05) is 17.2 Å². The molecule has 0 spiro atoms. The van der Waals surface area contributed by atoms with E-state index in [1.54, 1.807) is 29.2 Å². The average molecular weight is 347 g/mol. The number of rotatable bonds is 5. The molecule has 1 fully saturated rings. The Bertz CT molecular complexity index is 794. The third-order valence-electron chi connectivity index (χ3n) is 3.81. The molecule has 0 unspecified atom stereocenters. The second-order valence-electron chi connectivity index (χ2n) is 5.49. The quantitative estimate of drug-likeness (QED) is 0.604. The molecule has 0 bridgehead atoms. The van der Waals surface area contributed by atoms with Crippen LogP contribution in [-0.2, 0) is 4.79 Å². The molecule has 2 aromatic rings. The van der Waals surface area contributed by atoms with Crippen LogP contribution < -0.4 is 4.90 Å². The van der Waals surface area contributed by atoms with Gasteiger partial charge in [0.15, 0.2) is 5.78 Å². The fourth-order valence-electron chi connectivity index (χ4n) is 2.58. The average Bonchev–Trinajstić information content (AvgIpc) is 3.01. The summed E-state index contributed by atoms with van der Waals surface area (Å²) in [6.07, 6.45) is 1.33. The largest absolute Gasteiger partial charge is 0.312 e. The van der Waals surface area contributed by atoms with Crippen LogP contribution in [0, 0.1) is 11.6 Å². The highest BCUT2D eigenvalue weighted by Gasteiger charge is 2.22. The number of nitrogens with zero attached hydrogens (tertiary/aromatic N) is 1. The van der Waals surface area contributed by atoms with Crippen molar-refractivity contribution in [3.05, 3.63) is 59.7 Å². The van der Waals surface area contributed by atoms with Crippen LogP contribution in [-0.4, -0.2) is 24.0 Å². The van der Waals surface area contributed by atoms with Crippen molar-refractivity contribution in [3.63, 3.8) is 0 Å². The van der Waals surface area contributed by atoms with Gasteiger partial charge in [-0.25, -0.2) is 8.78 Å². The van der Waals surface area contributed by atoms with Gasteiger partial charge in [0.05, 0.1) is 5.75 Å². The summed E-state index contributed by atoms with van der Waals surface area (Å²) >= 11 is 0.958. The molecule has 0 atom stereocenters. The van der Waals surface area contributed by atoms with E-state index in [-0.39, 0.29) is 22.3 Å². The number of anilines is 1. The molecule has 0 aromatic heterocycles. The number of thioether (sulfide) groups is 1. The zero-order valence-corrected chi connectivity index (χ0v) is 13.6. The highest BCUT2D eigenvalue weighted by molar-refractivity contribution is 8.00. The number of hydrogen-bond donors (Lipinski definition) is 0. The molecule has 3 rings (SSSR count). The molecule has 0 radical (unpaired) electrons. The number of ketones is 1. The Labute approximate surface area is 142 Å². The van der Waals surface area contributed by atoms with Crippen LogP contribution in [0.25, 0.3) is 0 Å². The molecule has 1 saturated heterocycles. The van der Waals surface area contributed by atoms with Crippen LogP contribution in [0.4, 0.5) is 14.5 Å². The molecule has 24 heavy (non-hydrogen) atoms. The molecule has 124 valence electrons. The summed E-state index contributed by atoms with van der Waals surface area (Å²) in [7, 11) is 0. The van der Waals surface area contributed by atoms with Gasteiger partial charge in [-0.3, -0.25) is 9.59 Å². The maximum absolute atomic E-state index is 13.6. The van der Waals surface area contributed by atoms with Crippen molar-refractivity contribution < 1.29 is 18.4 Å². The highest BCUT2D eigenvalue weighted by atomic mass is 32.2. The molecular formula is C18H15F2NO2S. The van der Waals surface area contributed by atoms with E-state index in [4.69, 9.17) is 0 Å². The Morgan fingerprint density at radius 1 is 1.17 bits per heavy atom. The molecular weight excluding hydrogens is 332 g/mol. The lowest BCUT2D eigenvalue weighted by atomic mass is 10.1. The molecule has 1 aliphatic rings. The Balaban J connectivity index is 1.71. The van der Waals surface area contributed by atoms with Gasteiger partial charge in [-0.15, -0.1) is 11.8 Å². The van der Waals surface area contributed by atoms with E-state index in [9.17, 15) is 18.4 Å². The topological polar surface area (TPSA) is 37.4 Å². The maximum atomic E-state index is 13.6. The number of halogens is 2. The summed E-state index contributed by atoms with van der Waals surface area (Å²) in [5, 5.41) is 0. The van der Waals surface area contributed by atoms with Crippen LogP contribution in [0.15, 0.2) is 47.4 Å². The summed E-state index contributed by atoms with van der Waals surface area (Å²) in [4.78, 5) is 25.9. The molecule has 0 saturated carbocycles. The fourth-order valence-corrected chi connectivity index (χ4v) is 3.44. The summed E-state index contributed by atoms with van der Waals surface area (Å²) in [6, 6.07) is 10.0. The number of benzene rings is 2.